The van der Waals surface area contributed by atoms with E-state index >= 15 is 0 Å². The average Bonchev–Trinajstić information content (AvgIpc) is 2.77. The molecule has 0 unspecified atom stereocenters. The summed E-state index contributed by atoms with van der Waals surface area (Å²) < 4.78 is 15.9. The van der Waals surface area contributed by atoms with Crippen molar-refractivity contribution in [1.82, 2.24) is 10.6 Å². The maximum atomic E-state index is 12.7. The molecule has 3 atom stereocenters. The van der Waals surface area contributed by atoms with Gasteiger partial charge in [-0.15, -0.1) is 0 Å². The molecule has 0 saturated heterocycles. The van der Waals surface area contributed by atoms with Crippen LogP contribution in [0.5, 0.6) is 0 Å². The lowest BCUT2D eigenvalue weighted by molar-refractivity contribution is -0.152. The summed E-state index contributed by atoms with van der Waals surface area (Å²) in [4.78, 5) is 51.4. The summed E-state index contributed by atoms with van der Waals surface area (Å²) >= 11 is 0. The fourth-order valence-electron chi connectivity index (χ4n) is 3.27. The maximum Gasteiger partial charge on any atom is 0.408 e. The number of alkyl carbamates (subject to hydrolysis) is 1. The summed E-state index contributed by atoms with van der Waals surface area (Å²) in [6.45, 7) is 5.77. The molecule has 0 aromatic heterocycles. The fraction of sp³-hybridized carbons (Fsp3) is 0.478. The number of ether oxygens (including phenoxy) is 3. The zero-order valence-electron chi connectivity index (χ0n) is 20.0. The number of rotatable bonds is 8. The van der Waals surface area contributed by atoms with Crippen molar-refractivity contribution in [2.24, 2.45) is 5.11 Å². The topological polar surface area (TPSA) is 169 Å². The molecule has 2 rings (SSSR count). The smallest absolute Gasteiger partial charge is 0.408 e. The number of nitrogens with zero attached hydrogens (tertiary/aromatic N) is 3. The molecule has 0 aliphatic heterocycles. The normalized spacial score (nSPS) is 19.3. The van der Waals surface area contributed by atoms with Crippen LogP contribution in [-0.4, -0.2) is 54.3 Å². The molecule has 0 heterocycles. The molecule has 1 aromatic carbocycles. The Balaban J connectivity index is 2.13. The van der Waals surface area contributed by atoms with Gasteiger partial charge in [-0.05, 0) is 31.9 Å². The second-order valence-corrected chi connectivity index (χ2v) is 8.76. The van der Waals surface area contributed by atoms with Crippen molar-refractivity contribution in [3.63, 3.8) is 0 Å². The first-order chi connectivity index (χ1) is 16.5. The molecule has 2 N–H and O–H groups in total. The van der Waals surface area contributed by atoms with E-state index in [2.05, 4.69) is 20.7 Å². The van der Waals surface area contributed by atoms with Gasteiger partial charge in [-0.3, -0.25) is 9.59 Å². The fourth-order valence-corrected chi connectivity index (χ4v) is 3.27. The molecular weight excluding hydrogens is 458 g/mol. The van der Waals surface area contributed by atoms with E-state index in [1.165, 1.54) is 13.0 Å². The van der Waals surface area contributed by atoms with Crippen LogP contribution in [0.2, 0.25) is 0 Å². The number of hydrogen-bond acceptors (Lipinski definition) is 8. The molecule has 0 spiro atoms. The van der Waals surface area contributed by atoms with Crippen LogP contribution in [0.4, 0.5) is 4.79 Å². The van der Waals surface area contributed by atoms with Crippen molar-refractivity contribution < 1.29 is 33.4 Å². The predicted octanol–water partition coefficient (Wildman–Crippen LogP) is 2.68. The number of amides is 2. The van der Waals surface area contributed by atoms with E-state index in [9.17, 15) is 19.2 Å². The van der Waals surface area contributed by atoms with Gasteiger partial charge in [-0.2, -0.15) is 0 Å². The van der Waals surface area contributed by atoms with E-state index < -0.39 is 54.3 Å². The van der Waals surface area contributed by atoms with Crippen LogP contribution in [0, 0.1) is 0 Å². The summed E-state index contributed by atoms with van der Waals surface area (Å²) in [7, 11) is 0. The Labute approximate surface area is 202 Å². The number of carbonyl (C=O) groups excluding carboxylic acids is 4. The molecule has 0 radical (unpaired) electrons. The van der Waals surface area contributed by atoms with Gasteiger partial charge in [0.2, 0.25) is 5.91 Å². The molecule has 35 heavy (non-hydrogen) atoms. The Morgan fingerprint density at radius 2 is 1.86 bits per heavy atom. The monoisotopic (exact) mass is 487 g/mol. The summed E-state index contributed by atoms with van der Waals surface area (Å²) in [6, 6.07) is 7.08. The Hall–Kier alpha value is -4.05. The minimum atomic E-state index is -1.06. The van der Waals surface area contributed by atoms with E-state index in [-0.39, 0.29) is 18.6 Å². The quantitative estimate of drug-likeness (QED) is 0.187. The minimum absolute atomic E-state index is 0.0165. The Morgan fingerprint density at radius 1 is 1.17 bits per heavy atom. The summed E-state index contributed by atoms with van der Waals surface area (Å²) in [5.41, 5.74) is 9.13. The highest BCUT2D eigenvalue weighted by atomic mass is 16.6. The number of hydrogen-bond donors (Lipinski definition) is 2. The van der Waals surface area contributed by atoms with Gasteiger partial charge < -0.3 is 24.8 Å². The molecule has 1 aliphatic carbocycles. The molecule has 0 fully saturated rings. The first kappa shape index (κ1) is 27.2. The zero-order valence-corrected chi connectivity index (χ0v) is 20.0. The third-order valence-corrected chi connectivity index (χ3v) is 4.65. The van der Waals surface area contributed by atoms with Gasteiger partial charge in [0.15, 0.2) is 0 Å². The summed E-state index contributed by atoms with van der Waals surface area (Å²) in [6.07, 6.45) is -0.592. The molecule has 0 saturated carbocycles. The lowest BCUT2D eigenvalue weighted by atomic mass is 9.88. The third-order valence-electron chi connectivity index (χ3n) is 4.65. The largest absolute Gasteiger partial charge is 0.458 e. The van der Waals surface area contributed by atoms with Crippen LogP contribution in [0.1, 0.15) is 39.7 Å². The predicted molar refractivity (Wildman–Crippen MR) is 124 cm³/mol. The number of nitrogens with one attached hydrogen (secondary N) is 2. The van der Waals surface area contributed by atoms with Gasteiger partial charge in [-0.25, -0.2) is 9.59 Å². The third kappa shape index (κ3) is 9.38. The van der Waals surface area contributed by atoms with Crippen LogP contribution < -0.4 is 10.6 Å². The van der Waals surface area contributed by atoms with Crippen molar-refractivity contribution in [2.75, 3.05) is 6.54 Å². The van der Waals surface area contributed by atoms with E-state index in [0.29, 0.717) is 0 Å². The first-order valence-electron chi connectivity index (χ1n) is 10.9. The van der Waals surface area contributed by atoms with Crippen molar-refractivity contribution in [2.45, 2.75) is 64.5 Å². The first-order valence-corrected chi connectivity index (χ1v) is 10.9. The second-order valence-electron chi connectivity index (χ2n) is 8.76. The molecular formula is C23H29N5O7. The lowest BCUT2D eigenvalue weighted by Gasteiger charge is -2.34. The lowest BCUT2D eigenvalue weighted by Crippen LogP contribution is -2.53. The van der Waals surface area contributed by atoms with Crippen LogP contribution in [0.3, 0.4) is 0 Å². The Morgan fingerprint density at radius 3 is 2.46 bits per heavy atom. The van der Waals surface area contributed by atoms with Gasteiger partial charge in [0, 0.05) is 23.8 Å². The van der Waals surface area contributed by atoms with E-state index in [1.807, 2.05) is 6.07 Å². The van der Waals surface area contributed by atoms with Crippen LogP contribution in [0.15, 0.2) is 47.1 Å². The van der Waals surface area contributed by atoms with Crippen molar-refractivity contribution in [3.8, 4) is 0 Å². The zero-order chi connectivity index (χ0) is 26.0. The van der Waals surface area contributed by atoms with Gasteiger partial charge in [0.25, 0.3) is 0 Å². The van der Waals surface area contributed by atoms with Gasteiger partial charge in [0.05, 0.1) is 12.1 Å². The van der Waals surface area contributed by atoms with E-state index in [0.717, 1.165) is 5.56 Å². The molecule has 12 nitrogen and oxygen atoms in total. The van der Waals surface area contributed by atoms with Gasteiger partial charge >= 0.3 is 18.0 Å². The molecule has 1 aliphatic rings. The van der Waals surface area contributed by atoms with Crippen LogP contribution in [0.25, 0.3) is 10.4 Å². The minimum Gasteiger partial charge on any atom is -0.458 e. The van der Waals surface area contributed by atoms with Crippen molar-refractivity contribution in [3.05, 3.63) is 58.0 Å². The van der Waals surface area contributed by atoms with Crippen molar-refractivity contribution in [1.29, 1.82) is 0 Å². The standard InChI is InChI=1S/C23H29N5O7/c1-14(29)26-20-17(27-28-24)10-16(21(31)33-13-15-8-6-5-7-9-15)11-18(20)34-19(30)12-25-22(32)35-23(2,3)4/h5-10,17-18,20H,11-13H2,1-4H3,(H,25,32)(H,26,29)/t17-,18+,20+/m0/s1. The molecule has 1 aromatic rings. The molecule has 188 valence electrons. The summed E-state index contributed by atoms with van der Waals surface area (Å²) in [5.74, 6) is -1.97. The van der Waals surface area contributed by atoms with Gasteiger partial charge in [0.1, 0.15) is 24.9 Å². The maximum absolute atomic E-state index is 12.7. The molecule has 12 heteroatoms. The summed E-state index contributed by atoms with van der Waals surface area (Å²) in [5, 5.41) is 8.52. The number of carbonyl (C=O) groups is 4. The molecule has 2 amide bonds. The Kier molecular flexibility index (Phi) is 9.65. The average molecular weight is 488 g/mol. The van der Waals surface area contributed by atoms with Gasteiger partial charge in [-0.1, -0.05) is 41.5 Å². The number of azide groups is 1. The Bertz CT molecular complexity index is 1010. The highest BCUT2D eigenvalue weighted by Gasteiger charge is 2.38. The SMILES string of the molecule is CC(=O)N[C@@H]1[C@@H](N=[N+]=[N-])C=C(C(=O)OCc2ccccc2)C[C@H]1OC(=O)CNC(=O)OC(C)(C)C. The number of esters is 2. The van der Waals surface area contributed by atoms with Crippen LogP contribution in [-0.2, 0) is 35.2 Å². The van der Waals surface area contributed by atoms with E-state index in [1.54, 1.807) is 45.0 Å². The van der Waals surface area contributed by atoms with E-state index in [4.69, 9.17) is 19.7 Å². The molecule has 0 bridgehead atoms. The highest BCUT2D eigenvalue weighted by Crippen LogP contribution is 2.26. The highest BCUT2D eigenvalue weighted by molar-refractivity contribution is 5.89. The number of benzene rings is 1. The van der Waals surface area contributed by atoms with Crippen molar-refractivity contribution >= 4 is 23.9 Å². The van der Waals surface area contributed by atoms with Crippen LogP contribution >= 0.6 is 0 Å². The second kappa shape index (κ2) is 12.4.